The highest BCUT2D eigenvalue weighted by Gasteiger charge is 2.67. The Balaban J connectivity index is 1.53. The first-order valence-corrected chi connectivity index (χ1v) is 11.7. The highest BCUT2D eigenvalue weighted by Crippen LogP contribution is 2.51. The first-order chi connectivity index (χ1) is 17.3. The van der Waals surface area contributed by atoms with Gasteiger partial charge in [-0.2, -0.15) is 0 Å². The van der Waals surface area contributed by atoms with Gasteiger partial charge >= 0.3 is 0 Å². The minimum Gasteiger partial charge on any atom is -0.493 e. The van der Waals surface area contributed by atoms with E-state index < -0.39 is 34.4 Å². The van der Waals surface area contributed by atoms with E-state index in [-0.39, 0.29) is 28.9 Å². The third kappa shape index (κ3) is 3.75. The van der Waals surface area contributed by atoms with Crippen LogP contribution in [0.1, 0.15) is 29.5 Å². The predicted molar refractivity (Wildman–Crippen MR) is 132 cm³/mol. The van der Waals surface area contributed by atoms with Crippen molar-refractivity contribution in [1.82, 2.24) is 5.32 Å². The van der Waals surface area contributed by atoms with Crippen molar-refractivity contribution < 1.29 is 23.6 Å². The van der Waals surface area contributed by atoms with E-state index in [9.17, 15) is 19.3 Å². The molecule has 0 radical (unpaired) electrons. The Morgan fingerprint density at radius 1 is 1.17 bits per heavy atom. The minimum absolute atomic E-state index is 0.0478. The topological polar surface area (TPSA) is 103 Å². The molecule has 0 unspecified atom stereocenters. The zero-order valence-electron chi connectivity index (χ0n) is 19.5. The maximum Gasteiger partial charge on any atom is 0.256 e. The molecule has 4 atom stereocenters. The molecule has 1 saturated heterocycles. The number of anilines is 1. The summed E-state index contributed by atoms with van der Waals surface area (Å²) in [6.07, 6.45) is 0. The van der Waals surface area contributed by atoms with Crippen LogP contribution in [0.4, 0.5) is 10.1 Å². The lowest BCUT2D eigenvalue weighted by molar-refractivity contribution is -0.532. The Bertz CT molecular complexity index is 1370. The fourth-order valence-corrected chi connectivity index (χ4v) is 5.68. The second-order valence-corrected chi connectivity index (χ2v) is 9.36. The van der Waals surface area contributed by atoms with Crippen LogP contribution in [0.2, 0.25) is 5.02 Å². The number of nitrogens with zero attached hydrogens (tertiary/aromatic N) is 1. The highest BCUT2D eigenvalue weighted by molar-refractivity contribution is 6.32. The number of methoxy groups -OCH3 is 1. The Morgan fingerprint density at radius 2 is 1.94 bits per heavy atom. The number of halogens is 2. The quantitative estimate of drug-likeness (QED) is 0.369. The van der Waals surface area contributed by atoms with Crippen LogP contribution in [0, 0.1) is 15.9 Å². The molecule has 2 heterocycles. The Morgan fingerprint density at radius 3 is 2.67 bits per heavy atom. The van der Waals surface area contributed by atoms with Gasteiger partial charge in [-0.05, 0) is 48.4 Å². The molecule has 10 heteroatoms. The molecule has 3 aromatic carbocycles. The molecule has 1 fully saturated rings. The number of rotatable bonds is 6. The monoisotopic (exact) mass is 511 g/mol. The molecule has 1 amide bonds. The minimum atomic E-state index is -1.53. The van der Waals surface area contributed by atoms with Crippen LogP contribution < -0.4 is 20.1 Å². The van der Waals surface area contributed by atoms with Gasteiger partial charge in [-0.25, -0.2) is 4.39 Å². The van der Waals surface area contributed by atoms with Crippen LogP contribution in [-0.2, 0) is 16.9 Å². The average Bonchev–Trinajstić information content (AvgIpc) is 3.31. The lowest BCUT2D eigenvalue weighted by atomic mass is 9.78. The summed E-state index contributed by atoms with van der Waals surface area (Å²) in [5.41, 5.74) is 0.694. The van der Waals surface area contributed by atoms with Crippen molar-refractivity contribution in [2.24, 2.45) is 0 Å². The number of nitrogens with one attached hydrogen (secondary N) is 2. The third-order valence-corrected chi connectivity index (χ3v) is 7.15. The Hall–Kier alpha value is -3.69. The normalized spacial score (nSPS) is 24.4. The molecule has 2 aliphatic heterocycles. The first-order valence-electron chi connectivity index (χ1n) is 11.3. The van der Waals surface area contributed by atoms with Crippen LogP contribution in [0.25, 0.3) is 0 Å². The average molecular weight is 512 g/mol. The fourth-order valence-electron chi connectivity index (χ4n) is 5.41. The van der Waals surface area contributed by atoms with Crippen LogP contribution in [-0.4, -0.2) is 30.0 Å². The highest BCUT2D eigenvalue weighted by atomic mass is 35.5. The van der Waals surface area contributed by atoms with Crippen LogP contribution >= 0.6 is 11.6 Å². The standard InChI is InChI=1S/C26H23ClFN3O5/c1-14-22(24(31(33)34)26(30-14)18-8-3-4-9-20(18)29-25(26)32)16-11-19(27)23(21(12-16)35-2)36-13-15-6-5-7-17(28)10-15/h3-12,14,22,24,30H,13H2,1-2H3,(H,29,32)/t14-,22-,24+,26-/m0/s1. The smallest absolute Gasteiger partial charge is 0.256 e. The lowest BCUT2D eigenvalue weighted by Gasteiger charge is -2.25. The maximum atomic E-state index is 13.5. The third-order valence-electron chi connectivity index (χ3n) is 6.87. The number of benzene rings is 3. The molecule has 0 aliphatic carbocycles. The van der Waals surface area contributed by atoms with E-state index >= 15 is 0 Å². The summed E-state index contributed by atoms with van der Waals surface area (Å²) in [5.74, 6) is -1.04. The van der Waals surface area contributed by atoms with Gasteiger partial charge in [0.15, 0.2) is 17.0 Å². The molecule has 1 spiro atoms. The van der Waals surface area contributed by atoms with E-state index in [1.807, 2.05) is 0 Å². The second-order valence-electron chi connectivity index (χ2n) is 8.95. The summed E-state index contributed by atoms with van der Waals surface area (Å²) in [6, 6.07) is 14.4. The van der Waals surface area contributed by atoms with Gasteiger partial charge in [-0.15, -0.1) is 0 Å². The zero-order chi connectivity index (χ0) is 25.6. The van der Waals surface area contributed by atoms with Crippen molar-refractivity contribution in [1.29, 1.82) is 0 Å². The molecule has 186 valence electrons. The number of carbonyl (C=O) groups excluding carboxylic acids is 1. The Labute approximate surface area is 211 Å². The lowest BCUT2D eigenvalue weighted by Crippen LogP contribution is -2.54. The largest absolute Gasteiger partial charge is 0.493 e. The Kier molecular flexibility index (Phi) is 6.05. The summed E-state index contributed by atoms with van der Waals surface area (Å²) in [4.78, 5) is 25.3. The number of hydrogen-bond acceptors (Lipinski definition) is 6. The van der Waals surface area contributed by atoms with Gasteiger partial charge < -0.3 is 14.8 Å². The number of ether oxygens (including phenoxy) is 2. The molecule has 0 bridgehead atoms. The van der Waals surface area contributed by atoms with Gasteiger partial charge in [0.25, 0.3) is 11.9 Å². The van der Waals surface area contributed by atoms with E-state index in [1.165, 1.54) is 19.2 Å². The van der Waals surface area contributed by atoms with Gasteiger partial charge in [0, 0.05) is 22.2 Å². The van der Waals surface area contributed by atoms with Crippen molar-refractivity contribution in [2.75, 3.05) is 12.4 Å². The molecule has 36 heavy (non-hydrogen) atoms. The van der Waals surface area contributed by atoms with Gasteiger partial charge in [0.05, 0.1) is 18.1 Å². The number of hydrogen-bond donors (Lipinski definition) is 2. The summed E-state index contributed by atoms with van der Waals surface area (Å²) >= 11 is 6.58. The predicted octanol–water partition coefficient (Wildman–Crippen LogP) is 4.63. The number of para-hydroxylation sites is 1. The van der Waals surface area contributed by atoms with Gasteiger partial charge in [0.1, 0.15) is 12.4 Å². The van der Waals surface area contributed by atoms with Gasteiger partial charge in [0.2, 0.25) is 0 Å². The fraction of sp³-hybridized carbons (Fsp3) is 0.269. The summed E-state index contributed by atoms with van der Waals surface area (Å²) in [7, 11) is 1.44. The number of nitro groups is 1. The van der Waals surface area contributed by atoms with Gasteiger partial charge in [-0.1, -0.05) is 41.9 Å². The van der Waals surface area contributed by atoms with Crippen molar-refractivity contribution >= 4 is 23.2 Å². The molecule has 2 N–H and O–H groups in total. The number of fused-ring (bicyclic) bond motifs is 2. The van der Waals surface area contributed by atoms with Crippen molar-refractivity contribution in [2.45, 2.75) is 37.1 Å². The summed E-state index contributed by atoms with van der Waals surface area (Å²) in [5, 5.41) is 18.7. The van der Waals surface area contributed by atoms with E-state index in [4.69, 9.17) is 21.1 Å². The molecule has 8 nitrogen and oxygen atoms in total. The molecule has 0 aromatic heterocycles. The van der Waals surface area contributed by atoms with Crippen LogP contribution in [0.5, 0.6) is 11.5 Å². The summed E-state index contributed by atoms with van der Waals surface area (Å²) in [6.45, 7) is 1.85. The van der Waals surface area contributed by atoms with E-state index in [0.29, 0.717) is 22.4 Å². The van der Waals surface area contributed by atoms with E-state index in [1.54, 1.807) is 55.5 Å². The van der Waals surface area contributed by atoms with Crippen LogP contribution in [0.3, 0.4) is 0 Å². The molecular formula is C26H23ClFN3O5. The molecular weight excluding hydrogens is 489 g/mol. The first kappa shape index (κ1) is 24.0. The number of amides is 1. The van der Waals surface area contributed by atoms with Crippen LogP contribution in [0.15, 0.2) is 60.7 Å². The molecule has 2 aliphatic rings. The maximum absolute atomic E-state index is 13.5. The van der Waals surface area contributed by atoms with E-state index in [0.717, 1.165) is 0 Å². The molecule has 0 saturated carbocycles. The molecule has 5 rings (SSSR count). The number of carbonyl (C=O) groups is 1. The van der Waals surface area contributed by atoms with Crippen molar-refractivity contribution in [3.63, 3.8) is 0 Å². The SMILES string of the molecule is COc1cc([C@@H]2[C@H](C)N[C@]3(C(=O)Nc4ccccc43)[C@@H]2[N+](=O)[O-])cc(Cl)c1OCc1cccc(F)c1. The van der Waals surface area contributed by atoms with Crippen molar-refractivity contribution in [3.05, 3.63) is 98.3 Å². The second kappa shape index (κ2) is 9.07. The summed E-state index contributed by atoms with van der Waals surface area (Å²) < 4.78 is 24.9. The van der Waals surface area contributed by atoms with Gasteiger partial charge in [-0.3, -0.25) is 20.2 Å². The zero-order valence-corrected chi connectivity index (χ0v) is 20.2. The van der Waals surface area contributed by atoms with E-state index in [2.05, 4.69) is 10.6 Å². The van der Waals surface area contributed by atoms with Crippen molar-refractivity contribution in [3.8, 4) is 11.5 Å². The molecule has 3 aromatic rings.